The molecule has 1 spiro atoms. The molecule has 6 heteroatoms. The number of nitrogens with zero attached hydrogens (tertiary/aromatic N) is 3. The van der Waals surface area contributed by atoms with Crippen molar-refractivity contribution in [3.8, 4) is 0 Å². The summed E-state index contributed by atoms with van der Waals surface area (Å²) in [5.41, 5.74) is 1.79. The van der Waals surface area contributed by atoms with Gasteiger partial charge in [-0.1, -0.05) is 19.3 Å². The standard InChI is InChI=1S/C19H27N3O3/c1-5-21-13(2)11-15(14(21)3)16(23)12-22-17(24)19(20(4)18(22)25)9-7-6-8-10-19/h11H,5-10,12H2,1-4H3. The number of hydrogen-bond donors (Lipinski definition) is 0. The van der Waals surface area contributed by atoms with Crippen LogP contribution in [-0.2, 0) is 11.3 Å². The van der Waals surface area contributed by atoms with E-state index >= 15 is 0 Å². The molecule has 0 bridgehead atoms. The van der Waals surface area contributed by atoms with Gasteiger partial charge in [0.25, 0.3) is 5.91 Å². The number of Topliss-reactive ketones (excluding diaryl/α,β-unsaturated/α-hetero) is 1. The van der Waals surface area contributed by atoms with E-state index < -0.39 is 5.54 Å². The van der Waals surface area contributed by atoms with Crippen LogP contribution in [0.5, 0.6) is 0 Å². The Labute approximate surface area is 148 Å². The van der Waals surface area contributed by atoms with Gasteiger partial charge in [-0.3, -0.25) is 14.5 Å². The van der Waals surface area contributed by atoms with Gasteiger partial charge in [-0.2, -0.15) is 0 Å². The largest absolute Gasteiger partial charge is 0.349 e. The molecule has 2 fully saturated rings. The van der Waals surface area contributed by atoms with Gasteiger partial charge in [-0.25, -0.2) is 4.79 Å². The van der Waals surface area contributed by atoms with E-state index in [-0.39, 0.29) is 24.3 Å². The van der Waals surface area contributed by atoms with Crippen molar-refractivity contribution in [1.29, 1.82) is 0 Å². The highest BCUT2D eigenvalue weighted by Gasteiger charge is 2.55. The Balaban J connectivity index is 1.84. The summed E-state index contributed by atoms with van der Waals surface area (Å²) in [6.07, 6.45) is 4.39. The molecule has 1 aromatic heterocycles. The van der Waals surface area contributed by atoms with Gasteiger partial charge < -0.3 is 9.47 Å². The molecule has 1 saturated heterocycles. The van der Waals surface area contributed by atoms with Crippen LogP contribution in [0.3, 0.4) is 0 Å². The normalized spacial score (nSPS) is 20.0. The highest BCUT2D eigenvalue weighted by molar-refractivity contribution is 6.11. The molecule has 3 amide bonds. The molecular formula is C19H27N3O3. The van der Waals surface area contributed by atoms with Crippen LogP contribution < -0.4 is 0 Å². The van der Waals surface area contributed by atoms with Crippen LogP contribution in [0.15, 0.2) is 6.07 Å². The average molecular weight is 345 g/mol. The van der Waals surface area contributed by atoms with E-state index in [1.165, 1.54) is 0 Å². The second-order valence-electron chi connectivity index (χ2n) is 7.28. The minimum Gasteiger partial charge on any atom is -0.349 e. The quantitative estimate of drug-likeness (QED) is 0.623. The number of imide groups is 1. The average Bonchev–Trinajstić information content (AvgIpc) is 2.98. The van der Waals surface area contributed by atoms with Crippen LogP contribution in [0.1, 0.15) is 60.8 Å². The Bertz CT molecular complexity index is 729. The number of rotatable bonds is 4. The number of ketones is 1. The maximum Gasteiger partial charge on any atom is 0.327 e. The smallest absolute Gasteiger partial charge is 0.327 e. The van der Waals surface area contributed by atoms with Crippen LogP contribution in [0, 0.1) is 13.8 Å². The number of aryl methyl sites for hydroxylation is 1. The molecule has 6 nitrogen and oxygen atoms in total. The van der Waals surface area contributed by atoms with Gasteiger partial charge in [0.2, 0.25) is 0 Å². The molecule has 1 saturated carbocycles. The van der Waals surface area contributed by atoms with Crippen molar-refractivity contribution in [3.05, 3.63) is 23.0 Å². The Hall–Kier alpha value is -2.11. The molecule has 2 heterocycles. The Morgan fingerprint density at radius 1 is 1.16 bits per heavy atom. The van der Waals surface area contributed by atoms with E-state index in [9.17, 15) is 14.4 Å². The van der Waals surface area contributed by atoms with Crippen molar-refractivity contribution < 1.29 is 14.4 Å². The summed E-state index contributed by atoms with van der Waals surface area (Å²) in [6, 6.07) is 1.51. The third kappa shape index (κ3) is 2.58. The third-order valence-electron chi connectivity index (χ3n) is 5.98. The summed E-state index contributed by atoms with van der Waals surface area (Å²) in [5, 5.41) is 0. The molecule has 136 valence electrons. The van der Waals surface area contributed by atoms with Crippen molar-refractivity contribution in [1.82, 2.24) is 14.4 Å². The minimum atomic E-state index is -0.726. The summed E-state index contributed by atoms with van der Waals surface area (Å²) in [4.78, 5) is 41.2. The molecule has 0 aromatic carbocycles. The predicted octanol–water partition coefficient (Wildman–Crippen LogP) is 2.90. The molecule has 0 N–H and O–H groups in total. The summed E-state index contributed by atoms with van der Waals surface area (Å²) in [5.74, 6) is -0.367. The zero-order valence-corrected chi connectivity index (χ0v) is 15.6. The maximum absolute atomic E-state index is 13.0. The van der Waals surface area contributed by atoms with E-state index in [1.54, 1.807) is 11.9 Å². The van der Waals surface area contributed by atoms with Gasteiger partial charge in [0.05, 0.1) is 6.54 Å². The number of carbonyl (C=O) groups excluding carboxylic acids is 3. The van der Waals surface area contributed by atoms with E-state index in [1.807, 2.05) is 26.8 Å². The van der Waals surface area contributed by atoms with Crippen LogP contribution in [0.2, 0.25) is 0 Å². The zero-order valence-electron chi connectivity index (χ0n) is 15.6. The fourth-order valence-electron chi connectivity index (χ4n) is 4.47. The van der Waals surface area contributed by atoms with Crippen molar-refractivity contribution in [2.45, 2.75) is 65.0 Å². The van der Waals surface area contributed by atoms with E-state index in [0.29, 0.717) is 18.4 Å². The van der Waals surface area contributed by atoms with Crippen molar-refractivity contribution in [2.24, 2.45) is 0 Å². The van der Waals surface area contributed by atoms with Gasteiger partial charge in [0, 0.05) is 30.5 Å². The van der Waals surface area contributed by atoms with Crippen LogP contribution in [0.25, 0.3) is 0 Å². The van der Waals surface area contributed by atoms with Gasteiger partial charge in [-0.15, -0.1) is 0 Å². The lowest BCUT2D eigenvalue weighted by molar-refractivity contribution is -0.134. The predicted molar refractivity (Wildman–Crippen MR) is 94.6 cm³/mol. The molecule has 0 unspecified atom stereocenters. The summed E-state index contributed by atoms with van der Waals surface area (Å²) >= 11 is 0. The van der Waals surface area contributed by atoms with Gasteiger partial charge in [-0.05, 0) is 39.7 Å². The first-order valence-electron chi connectivity index (χ1n) is 9.13. The van der Waals surface area contributed by atoms with Crippen LogP contribution >= 0.6 is 0 Å². The van der Waals surface area contributed by atoms with Gasteiger partial charge in [0.1, 0.15) is 5.54 Å². The number of amides is 3. The topological polar surface area (TPSA) is 62.6 Å². The number of urea groups is 1. The third-order valence-corrected chi connectivity index (χ3v) is 5.98. The van der Waals surface area contributed by atoms with E-state index in [0.717, 1.165) is 42.1 Å². The first kappa shape index (κ1) is 17.7. The second kappa shape index (κ2) is 6.32. The summed E-state index contributed by atoms with van der Waals surface area (Å²) < 4.78 is 2.07. The molecule has 3 rings (SSSR count). The van der Waals surface area contributed by atoms with Crippen molar-refractivity contribution in [2.75, 3.05) is 13.6 Å². The Kier molecular flexibility index (Phi) is 4.47. The molecule has 1 aromatic rings. The number of carbonyl (C=O) groups is 3. The monoisotopic (exact) mass is 345 g/mol. The summed E-state index contributed by atoms with van der Waals surface area (Å²) in [6.45, 7) is 6.52. The lowest BCUT2D eigenvalue weighted by Gasteiger charge is -2.35. The minimum absolute atomic E-state index is 0.169. The molecule has 1 aliphatic carbocycles. The first-order valence-corrected chi connectivity index (χ1v) is 9.13. The van der Waals surface area contributed by atoms with Crippen LogP contribution in [-0.4, -0.2) is 51.2 Å². The lowest BCUT2D eigenvalue weighted by atomic mass is 9.80. The lowest BCUT2D eigenvalue weighted by Crippen LogP contribution is -2.49. The molecule has 0 atom stereocenters. The molecule has 2 aliphatic rings. The molecule has 1 aliphatic heterocycles. The highest BCUT2D eigenvalue weighted by Crippen LogP contribution is 2.39. The number of hydrogen-bond acceptors (Lipinski definition) is 3. The zero-order chi connectivity index (χ0) is 18.4. The molecular weight excluding hydrogens is 318 g/mol. The SMILES string of the molecule is CCn1c(C)cc(C(=O)CN2C(=O)N(C)C3(CCCCC3)C2=O)c1C. The Morgan fingerprint density at radius 3 is 2.36 bits per heavy atom. The number of aromatic nitrogens is 1. The van der Waals surface area contributed by atoms with Gasteiger partial charge >= 0.3 is 6.03 Å². The number of likely N-dealkylation sites (N-methyl/N-ethyl adjacent to an activating group) is 1. The summed E-state index contributed by atoms with van der Waals surface area (Å²) in [7, 11) is 1.69. The van der Waals surface area contributed by atoms with Crippen molar-refractivity contribution >= 4 is 17.7 Å². The Morgan fingerprint density at radius 2 is 1.80 bits per heavy atom. The molecule has 25 heavy (non-hydrogen) atoms. The second-order valence-corrected chi connectivity index (χ2v) is 7.28. The fourth-order valence-corrected chi connectivity index (χ4v) is 4.47. The maximum atomic E-state index is 13.0. The fraction of sp³-hybridized carbons (Fsp3) is 0.632. The van der Waals surface area contributed by atoms with Crippen molar-refractivity contribution in [3.63, 3.8) is 0 Å². The van der Waals surface area contributed by atoms with E-state index in [4.69, 9.17) is 0 Å². The first-order chi connectivity index (χ1) is 11.8. The van der Waals surface area contributed by atoms with Gasteiger partial charge in [0.15, 0.2) is 5.78 Å². The highest BCUT2D eigenvalue weighted by atomic mass is 16.2. The van der Waals surface area contributed by atoms with E-state index in [2.05, 4.69) is 4.57 Å². The van der Waals surface area contributed by atoms with Crippen LogP contribution in [0.4, 0.5) is 4.79 Å². The molecule has 0 radical (unpaired) electrons.